The third kappa shape index (κ3) is 2.81. The highest BCUT2D eigenvalue weighted by molar-refractivity contribution is 5.95. The van der Waals surface area contributed by atoms with Gasteiger partial charge in [-0.05, 0) is 25.5 Å². The maximum absolute atomic E-state index is 12.0. The number of allylic oxidation sites excluding steroid dienone is 1. The second kappa shape index (κ2) is 5.65. The van der Waals surface area contributed by atoms with Crippen molar-refractivity contribution in [3.8, 4) is 0 Å². The molecule has 0 bridgehead atoms. The van der Waals surface area contributed by atoms with E-state index in [9.17, 15) is 9.59 Å². The van der Waals surface area contributed by atoms with Gasteiger partial charge in [0.15, 0.2) is 0 Å². The molecule has 0 spiro atoms. The third-order valence-electron chi connectivity index (χ3n) is 3.05. The SMILES string of the molecule is CCOC(=O)C1=C(C)NC(=O)CC1c1cccnc1. The molecule has 100 valence electrons. The van der Waals surface area contributed by atoms with Crippen LogP contribution in [0.4, 0.5) is 0 Å². The van der Waals surface area contributed by atoms with Gasteiger partial charge < -0.3 is 10.1 Å². The Labute approximate surface area is 111 Å². The van der Waals surface area contributed by atoms with Gasteiger partial charge in [0.1, 0.15) is 0 Å². The van der Waals surface area contributed by atoms with Crippen LogP contribution in [0.1, 0.15) is 31.7 Å². The number of esters is 1. The molecule has 1 unspecified atom stereocenters. The summed E-state index contributed by atoms with van der Waals surface area (Å²) < 4.78 is 5.07. The van der Waals surface area contributed by atoms with Crippen LogP contribution < -0.4 is 5.32 Å². The average molecular weight is 260 g/mol. The van der Waals surface area contributed by atoms with E-state index in [4.69, 9.17) is 4.74 Å². The zero-order valence-electron chi connectivity index (χ0n) is 11.0. The summed E-state index contributed by atoms with van der Waals surface area (Å²) in [6.45, 7) is 3.78. The van der Waals surface area contributed by atoms with Gasteiger partial charge in [0.25, 0.3) is 0 Å². The van der Waals surface area contributed by atoms with E-state index in [1.165, 1.54) is 0 Å². The van der Waals surface area contributed by atoms with Crippen LogP contribution in [0.3, 0.4) is 0 Å². The first-order valence-corrected chi connectivity index (χ1v) is 6.21. The van der Waals surface area contributed by atoms with Crippen LogP contribution >= 0.6 is 0 Å². The van der Waals surface area contributed by atoms with E-state index in [0.29, 0.717) is 17.9 Å². The topological polar surface area (TPSA) is 68.3 Å². The van der Waals surface area contributed by atoms with Crippen LogP contribution in [-0.2, 0) is 14.3 Å². The van der Waals surface area contributed by atoms with Crippen molar-refractivity contribution in [1.29, 1.82) is 0 Å². The largest absolute Gasteiger partial charge is 0.463 e. The summed E-state index contributed by atoms with van der Waals surface area (Å²) >= 11 is 0. The van der Waals surface area contributed by atoms with E-state index < -0.39 is 0 Å². The quantitative estimate of drug-likeness (QED) is 0.837. The van der Waals surface area contributed by atoms with Gasteiger partial charge in [0.2, 0.25) is 5.91 Å². The molecule has 1 aromatic heterocycles. The van der Waals surface area contributed by atoms with Crippen LogP contribution in [0.25, 0.3) is 0 Å². The van der Waals surface area contributed by atoms with Crippen LogP contribution in [0.5, 0.6) is 0 Å². The molecule has 2 rings (SSSR count). The van der Waals surface area contributed by atoms with Crippen molar-refractivity contribution in [2.24, 2.45) is 0 Å². The van der Waals surface area contributed by atoms with Crippen LogP contribution in [0.15, 0.2) is 35.8 Å². The molecule has 0 aliphatic carbocycles. The highest BCUT2D eigenvalue weighted by Gasteiger charge is 2.32. The van der Waals surface area contributed by atoms with E-state index in [1.54, 1.807) is 32.3 Å². The molecule has 0 radical (unpaired) electrons. The van der Waals surface area contributed by atoms with E-state index in [1.807, 2.05) is 6.07 Å². The van der Waals surface area contributed by atoms with Gasteiger partial charge in [-0.1, -0.05) is 6.07 Å². The van der Waals surface area contributed by atoms with Crippen molar-refractivity contribution in [2.75, 3.05) is 6.61 Å². The Hall–Kier alpha value is -2.17. The fourth-order valence-corrected chi connectivity index (χ4v) is 2.25. The van der Waals surface area contributed by atoms with Gasteiger partial charge in [0.05, 0.1) is 12.2 Å². The first-order valence-electron chi connectivity index (χ1n) is 6.21. The van der Waals surface area contributed by atoms with Gasteiger partial charge in [0, 0.05) is 30.4 Å². The molecule has 1 aromatic rings. The Morgan fingerprint density at radius 1 is 1.58 bits per heavy atom. The number of rotatable bonds is 3. The summed E-state index contributed by atoms with van der Waals surface area (Å²) in [7, 11) is 0. The highest BCUT2D eigenvalue weighted by atomic mass is 16.5. The highest BCUT2D eigenvalue weighted by Crippen LogP contribution is 2.32. The number of aromatic nitrogens is 1. The van der Waals surface area contributed by atoms with Gasteiger partial charge in [-0.25, -0.2) is 4.79 Å². The molecular weight excluding hydrogens is 244 g/mol. The van der Waals surface area contributed by atoms with Gasteiger partial charge in [-0.2, -0.15) is 0 Å². The predicted octanol–water partition coefficient (Wildman–Crippen LogP) is 1.52. The number of amides is 1. The second-order valence-electron chi connectivity index (χ2n) is 4.35. The molecule has 0 fully saturated rings. The minimum atomic E-state index is -0.381. The number of nitrogens with one attached hydrogen (secondary N) is 1. The number of carbonyl (C=O) groups is 2. The predicted molar refractivity (Wildman–Crippen MR) is 69.1 cm³/mol. The van der Waals surface area contributed by atoms with Crippen molar-refractivity contribution < 1.29 is 14.3 Å². The lowest BCUT2D eigenvalue weighted by molar-refractivity contribution is -0.139. The number of pyridine rings is 1. The summed E-state index contributed by atoms with van der Waals surface area (Å²) in [5, 5.41) is 2.69. The number of hydrogen-bond acceptors (Lipinski definition) is 4. The van der Waals surface area contributed by atoms with Crippen LogP contribution in [-0.4, -0.2) is 23.5 Å². The molecule has 2 heterocycles. The van der Waals surface area contributed by atoms with Crippen molar-refractivity contribution in [2.45, 2.75) is 26.2 Å². The molecule has 0 saturated carbocycles. The third-order valence-corrected chi connectivity index (χ3v) is 3.05. The fraction of sp³-hybridized carbons (Fsp3) is 0.357. The summed E-state index contributed by atoms with van der Waals surface area (Å²) in [6, 6.07) is 3.66. The lowest BCUT2D eigenvalue weighted by Crippen LogP contribution is -2.34. The summed E-state index contributed by atoms with van der Waals surface area (Å²) in [5.41, 5.74) is 1.91. The molecule has 0 aromatic carbocycles. The molecule has 1 N–H and O–H groups in total. The fourth-order valence-electron chi connectivity index (χ4n) is 2.25. The maximum atomic E-state index is 12.0. The Morgan fingerprint density at radius 3 is 3.00 bits per heavy atom. The molecule has 5 nitrogen and oxygen atoms in total. The van der Waals surface area contributed by atoms with Crippen LogP contribution in [0.2, 0.25) is 0 Å². The zero-order chi connectivity index (χ0) is 13.8. The maximum Gasteiger partial charge on any atom is 0.336 e. The Kier molecular flexibility index (Phi) is 3.94. The van der Waals surface area contributed by atoms with Crippen molar-refractivity contribution in [3.05, 3.63) is 41.4 Å². The van der Waals surface area contributed by atoms with Gasteiger partial charge >= 0.3 is 5.97 Å². The molecule has 1 aliphatic rings. The molecule has 1 atom stereocenters. The summed E-state index contributed by atoms with van der Waals surface area (Å²) in [4.78, 5) is 27.8. The summed E-state index contributed by atoms with van der Waals surface area (Å²) in [5.74, 6) is -0.769. The van der Waals surface area contributed by atoms with Gasteiger partial charge in [-0.3, -0.25) is 9.78 Å². The molecular formula is C14H16N2O3. The minimum absolute atomic E-state index is 0.0978. The lowest BCUT2D eigenvalue weighted by Gasteiger charge is -2.26. The molecule has 0 saturated heterocycles. The van der Waals surface area contributed by atoms with Crippen molar-refractivity contribution in [1.82, 2.24) is 10.3 Å². The number of ether oxygens (including phenoxy) is 1. The Balaban J connectivity index is 2.41. The van der Waals surface area contributed by atoms with E-state index in [2.05, 4.69) is 10.3 Å². The average Bonchev–Trinajstić information content (AvgIpc) is 2.39. The Morgan fingerprint density at radius 2 is 2.37 bits per heavy atom. The number of hydrogen-bond donors (Lipinski definition) is 1. The number of nitrogens with zero attached hydrogens (tertiary/aromatic N) is 1. The smallest absolute Gasteiger partial charge is 0.336 e. The van der Waals surface area contributed by atoms with Crippen LogP contribution in [0, 0.1) is 0 Å². The normalized spacial score (nSPS) is 19.1. The van der Waals surface area contributed by atoms with E-state index in [0.717, 1.165) is 5.56 Å². The lowest BCUT2D eigenvalue weighted by atomic mass is 9.85. The van der Waals surface area contributed by atoms with E-state index >= 15 is 0 Å². The van der Waals surface area contributed by atoms with Crippen molar-refractivity contribution in [3.63, 3.8) is 0 Å². The molecule has 1 amide bonds. The monoisotopic (exact) mass is 260 g/mol. The zero-order valence-corrected chi connectivity index (χ0v) is 11.0. The van der Waals surface area contributed by atoms with E-state index in [-0.39, 0.29) is 24.2 Å². The molecule has 19 heavy (non-hydrogen) atoms. The van der Waals surface area contributed by atoms with Gasteiger partial charge in [-0.15, -0.1) is 0 Å². The Bertz CT molecular complexity index is 523. The first kappa shape index (κ1) is 13.3. The molecule has 5 heteroatoms. The second-order valence-corrected chi connectivity index (χ2v) is 4.35. The standard InChI is InChI=1S/C14H16N2O3/c1-3-19-14(18)13-9(2)16-12(17)7-11(13)10-5-4-6-15-8-10/h4-6,8,11H,3,7H2,1-2H3,(H,16,17). The number of carbonyl (C=O) groups excluding carboxylic acids is 2. The molecule has 1 aliphatic heterocycles. The first-order chi connectivity index (χ1) is 9.13. The minimum Gasteiger partial charge on any atom is -0.463 e. The summed E-state index contributed by atoms with van der Waals surface area (Å²) in [6.07, 6.45) is 3.57. The van der Waals surface area contributed by atoms with Crippen molar-refractivity contribution >= 4 is 11.9 Å².